The highest BCUT2D eigenvalue weighted by Gasteiger charge is 2.64. The number of rotatable bonds is 1. The Hall–Kier alpha value is 0. The molecule has 0 aliphatic heterocycles. The van der Waals surface area contributed by atoms with Crippen LogP contribution >= 0.6 is 0 Å². The summed E-state index contributed by atoms with van der Waals surface area (Å²) in [5.41, 5.74) is 0.981. The van der Waals surface area contributed by atoms with Gasteiger partial charge in [0.15, 0.2) is 0 Å². The second-order valence-corrected chi connectivity index (χ2v) is 4.72. The van der Waals surface area contributed by atoms with Crippen molar-refractivity contribution in [3.8, 4) is 0 Å². The molecule has 1 spiro atoms. The maximum Gasteiger partial charge on any atom is -0.0263 e. The second kappa shape index (κ2) is 1.60. The monoisotopic (exact) mass is 136 g/mol. The van der Waals surface area contributed by atoms with Crippen LogP contribution in [0.1, 0.15) is 44.9 Å². The third-order valence-electron chi connectivity index (χ3n) is 4.11. The fourth-order valence-electron chi connectivity index (χ4n) is 3.14. The maximum absolute atomic E-state index is 1.62. The minimum absolute atomic E-state index is 0.981. The predicted molar refractivity (Wildman–Crippen MR) is 41.7 cm³/mol. The van der Waals surface area contributed by atoms with Crippen LogP contribution in [0.3, 0.4) is 0 Å². The lowest BCUT2D eigenvalue weighted by molar-refractivity contribution is 0.443. The number of hydrogen-bond donors (Lipinski definition) is 0. The van der Waals surface area contributed by atoms with Gasteiger partial charge in [-0.05, 0) is 36.5 Å². The van der Waals surface area contributed by atoms with Gasteiger partial charge in [0, 0.05) is 0 Å². The third kappa shape index (κ3) is 0.627. The van der Waals surface area contributed by atoms with Gasteiger partial charge in [0.2, 0.25) is 0 Å². The average Bonchev–Trinajstić information content (AvgIpc) is 2.81. The minimum atomic E-state index is 0.981. The van der Waals surface area contributed by atoms with Gasteiger partial charge in [-0.2, -0.15) is 0 Å². The first kappa shape index (κ1) is 5.62. The summed E-state index contributed by atoms with van der Waals surface area (Å²) in [5, 5.41) is 0. The molecule has 0 aromatic carbocycles. The molecule has 0 radical (unpaired) electrons. The molecule has 3 aliphatic carbocycles. The van der Waals surface area contributed by atoms with E-state index in [9.17, 15) is 0 Å². The molecule has 3 saturated carbocycles. The van der Waals surface area contributed by atoms with Crippen molar-refractivity contribution in [3.05, 3.63) is 0 Å². The van der Waals surface area contributed by atoms with Crippen LogP contribution in [0, 0.1) is 17.3 Å². The summed E-state index contributed by atoms with van der Waals surface area (Å²) < 4.78 is 0. The topological polar surface area (TPSA) is 0 Å². The van der Waals surface area contributed by atoms with E-state index in [1.54, 1.807) is 32.1 Å². The van der Waals surface area contributed by atoms with Gasteiger partial charge in [-0.3, -0.25) is 0 Å². The van der Waals surface area contributed by atoms with Crippen molar-refractivity contribution in [1.82, 2.24) is 0 Å². The molecule has 0 amide bonds. The predicted octanol–water partition coefficient (Wildman–Crippen LogP) is 2.98. The summed E-state index contributed by atoms with van der Waals surface area (Å²) in [7, 11) is 0. The summed E-state index contributed by atoms with van der Waals surface area (Å²) in [6.07, 6.45) is 11.0. The van der Waals surface area contributed by atoms with E-state index in [0.717, 1.165) is 5.41 Å². The van der Waals surface area contributed by atoms with Gasteiger partial charge >= 0.3 is 0 Å². The number of hydrogen-bond acceptors (Lipinski definition) is 0. The summed E-state index contributed by atoms with van der Waals surface area (Å²) in [4.78, 5) is 0. The largest absolute Gasteiger partial charge is 0.0530 e. The highest BCUT2D eigenvalue weighted by Crippen LogP contribution is 2.74. The SMILES string of the molecule is C1CCC(C2CC23CC3)C1. The van der Waals surface area contributed by atoms with Crippen LogP contribution in [0.2, 0.25) is 0 Å². The average molecular weight is 136 g/mol. The Morgan fingerprint density at radius 2 is 1.70 bits per heavy atom. The molecule has 0 aromatic rings. The molecule has 56 valence electrons. The van der Waals surface area contributed by atoms with Gasteiger partial charge in [-0.25, -0.2) is 0 Å². The summed E-state index contributed by atoms with van der Waals surface area (Å²) in [5.74, 6) is 2.40. The molecule has 10 heavy (non-hydrogen) atoms. The Morgan fingerprint density at radius 1 is 1.00 bits per heavy atom. The maximum atomic E-state index is 1.62. The van der Waals surface area contributed by atoms with Gasteiger partial charge in [0.25, 0.3) is 0 Å². The Bertz CT molecular complexity index is 147. The standard InChI is InChI=1S/C10H16/c1-2-4-8(3-1)9-7-10(9)5-6-10/h8-9H,1-7H2. The van der Waals surface area contributed by atoms with Crippen LogP contribution in [-0.4, -0.2) is 0 Å². The fraction of sp³-hybridized carbons (Fsp3) is 1.00. The van der Waals surface area contributed by atoms with Gasteiger partial charge in [0.1, 0.15) is 0 Å². The zero-order valence-corrected chi connectivity index (χ0v) is 6.60. The Morgan fingerprint density at radius 3 is 2.20 bits per heavy atom. The summed E-state index contributed by atoms with van der Waals surface area (Å²) in [6.45, 7) is 0. The molecule has 0 heteroatoms. The molecule has 0 nitrogen and oxygen atoms in total. The van der Waals surface area contributed by atoms with Crippen molar-refractivity contribution in [2.75, 3.05) is 0 Å². The zero-order chi connectivity index (χ0) is 6.60. The van der Waals surface area contributed by atoms with E-state index in [1.807, 2.05) is 0 Å². The Kier molecular flexibility index (Phi) is 0.898. The van der Waals surface area contributed by atoms with Gasteiger partial charge in [-0.1, -0.05) is 25.7 Å². The van der Waals surface area contributed by atoms with Crippen LogP contribution < -0.4 is 0 Å². The van der Waals surface area contributed by atoms with Crippen LogP contribution in [0.15, 0.2) is 0 Å². The molecular formula is C10H16. The molecule has 1 unspecified atom stereocenters. The molecule has 0 heterocycles. The molecule has 0 bridgehead atoms. The molecule has 1 atom stereocenters. The van der Waals surface area contributed by atoms with Crippen LogP contribution in [0.25, 0.3) is 0 Å². The lowest BCUT2D eigenvalue weighted by Crippen LogP contribution is -1.97. The van der Waals surface area contributed by atoms with Crippen LogP contribution in [0.4, 0.5) is 0 Å². The van der Waals surface area contributed by atoms with Gasteiger partial charge < -0.3 is 0 Å². The van der Waals surface area contributed by atoms with Crippen molar-refractivity contribution in [2.45, 2.75) is 44.9 Å². The van der Waals surface area contributed by atoms with E-state index in [2.05, 4.69) is 0 Å². The molecule has 0 aromatic heterocycles. The highest BCUT2D eigenvalue weighted by atomic mass is 14.7. The smallest absolute Gasteiger partial charge is 0.0263 e. The lowest BCUT2D eigenvalue weighted by atomic mass is 10.0. The molecule has 3 rings (SSSR count). The first-order chi connectivity index (χ1) is 4.91. The Labute approximate surface area is 63.0 Å². The zero-order valence-electron chi connectivity index (χ0n) is 6.60. The lowest BCUT2D eigenvalue weighted by Gasteiger charge is -2.05. The normalized spacial score (nSPS) is 42.6. The first-order valence-corrected chi connectivity index (χ1v) is 4.91. The molecule has 3 aliphatic rings. The van der Waals surface area contributed by atoms with Crippen molar-refractivity contribution < 1.29 is 0 Å². The van der Waals surface area contributed by atoms with E-state index in [1.165, 1.54) is 24.7 Å². The molecular weight excluding hydrogens is 120 g/mol. The second-order valence-electron chi connectivity index (χ2n) is 4.72. The molecule has 3 fully saturated rings. The van der Waals surface area contributed by atoms with E-state index in [4.69, 9.17) is 0 Å². The third-order valence-corrected chi connectivity index (χ3v) is 4.11. The molecule has 0 saturated heterocycles. The highest BCUT2D eigenvalue weighted by molar-refractivity contribution is 5.14. The fourth-order valence-corrected chi connectivity index (χ4v) is 3.14. The van der Waals surface area contributed by atoms with Crippen molar-refractivity contribution in [3.63, 3.8) is 0 Å². The summed E-state index contributed by atoms with van der Waals surface area (Å²) >= 11 is 0. The Balaban J connectivity index is 1.67. The van der Waals surface area contributed by atoms with E-state index in [0.29, 0.717) is 0 Å². The van der Waals surface area contributed by atoms with Gasteiger partial charge in [0.05, 0.1) is 0 Å². The van der Waals surface area contributed by atoms with Crippen LogP contribution in [-0.2, 0) is 0 Å². The minimum Gasteiger partial charge on any atom is -0.0530 e. The quantitative estimate of drug-likeness (QED) is 0.520. The van der Waals surface area contributed by atoms with E-state index < -0.39 is 0 Å². The van der Waals surface area contributed by atoms with E-state index in [-0.39, 0.29) is 0 Å². The van der Waals surface area contributed by atoms with Crippen molar-refractivity contribution >= 4 is 0 Å². The van der Waals surface area contributed by atoms with Gasteiger partial charge in [-0.15, -0.1) is 0 Å². The first-order valence-electron chi connectivity index (χ1n) is 4.91. The van der Waals surface area contributed by atoms with Crippen molar-refractivity contribution in [2.24, 2.45) is 17.3 Å². The molecule has 0 N–H and O–H groups in total. The van der Waals surface area contributed by atoms with E-state index >= 15 is 0 Å². The summed E-state index contributed by atoms with van der Waals surface area (Å²) in [6, 6.07) is 0. The van der Waals surface area contributed by atoms with Crippen LogP contribution in [0.5, 0.6) is 0 Å². The van der Waals surface area contributed by atoms with Crippen molar-refractivity contribution in [1.29, 1.82) is 0 Å².